The average molecular weight is 297 g/mol. The molecule has 5 N–H and O–H groups in total. The summed E-state index contributed by atoms with van der Waals surface area (Å²) in [6.07, 6.45) is 5.41. The first kappa shape index (κ1) is 16.8. The van der Waals surface area contributed by atoms with Crippen LogP contribution in [0.5, 0.6) is 0 Å². The molecule has 2 aromatic heterocycles. The van der Waals surface area contributed by atoms with Gasteiger partial charge in [0.05, 0.1) is 19.0 Å². The largest absolute Gasteiger partial charge is 0.400 e. The number of aliphatic hydroxyl groups excluding tert-OH is 2. The van der Waals surface area contributed by atoms with E-state index in [-0.39, 0.29) is 17.6 Å². The van der Waals surface area contributed by atoms with Crippen molar-refractivity contribution >= 4 is 17.0 Å². The van der Waals surface area contributed by atoms with Crippen molar-refractivity contribution in [1.82, 2.24) is 19.9 Å². The molecule has 0 spiro atoms. The zero-order valence-electron chi connectivity index (χ0n) is 11.3. The highest BCUT2D eigenvalue weighted by molar-refractivity contribution is 5.80. The second kappa shape index (κ2) is 8.11. The molecule has 2 unspecified atom stereocenters. The van der Waals surface area contributed by atoms with Crippen molar-refractivity contribution in [1.29, 1.82) is 0 Å². The SMILES string of the molecule is C#CC1OCCC1O.CO.Nc1nc(F)nc2nc[nH]c12. The van der Waals surface area contributed by atoms with Crippen LogP contribution in [0.1, 0.15) is 6.42 Å². The lowest BCUT2D eigenvalue weighted by molar-refractivity contribution is 0.0812. The number of anilines is 1. The number of H-pyrrole nitrogens is 1. The monoisotopic (exact) mass is 297 g/mol. The van der Waals surface area contributed by atoms with E-state index in [0.717, 1.165) is 7.11 Å². The maximum Gasteiger partial charge on any atom is 0.312 e. The van der Waals surface area contributed by atoms with Gasteiger partial charge in [-0.25, -0.2) is 4.98 Å². The molecule has 114 valence electrons. The van der Waals surface area contributed by atoms with E-state index in [1.807, 2.05) is 0 Å². The van der Waals surface area contributed by atoms with Crippen LogP contribution in [0.4, 0.5) is 10.2 Å². The van der Waals surface area contributed by atoms with Gasteiger partial charge in [0.1, 0.15) is 11.6 Å². The maximum absolute atomic E-state index is 12.4. The van der Waals surface area contributed by atoms with Crippen LogP contribution in [0, 0.1) is 18.4 Å². The molecule has 3 heterocycles. The number of nitrogens with two attached hydrogens (primary N) is 1. The van der Waals surface area contributed by atoms with Gasteiger partial charge in [0, 0.05) is 13.5 Å². The number of rotatable bonds is 0. The molecule has 1 aliphatic heterocycles. The van der Waals surface area contributed by atoms with Crippen LogP contribution in [0.2, 0.25) is 0 Å². The Bertz CT molecular complexity index is 612. The molecule has 2 aromatic rings. The van der Waals surface area contributed by atoms with Crippen LogP contribution in [-0.2, 0) is 4.74 Å². The van der Waals surface area contributed by atoms with Gasteiger partial charge in [-0.05, 0) is 0 Å². The van der Waals surface area contributed by atoms with Crippen LogP contribution >= 0.6 is 0 Å². The molecule has 0 amide bonds. The van der Waals surface area contributed by atoms with E-state index in [9.17, 15) is 4.39 Å². The number of imidazole rings is 1. The molecule has 0 aromatic carbocycles. The standard InChI is InChI=1S/C6H8O2.C5H4FN5.CH4O/c1-2-6-5(7)3-4-8-6;6-5-10-3(7)2-4(11-5)9-1-8-2;1-2/h1,5-7H,3-4H2;1H,(H3,7,8,9,10,11);2H,1H3. The van der Waals surface area contributed by atoms with Crippen molar-refractivity contribution in [2.75, 3.05) is 19.5 Å². The Labute approximate surface area is 120 Å². The van der Waals surface area contributed by atoms with E-state index >= 15 is 0 Å². The Morgan fingerprint density at radius 3 is 2.76 bits per heavy atom. The second-order valence-electron chi connectivity index (χ2n) is 3.79. The van der Waals surface area contributed by atoms with E-state index in [1.54, 1.807) is 0 Å². The van der Waals surface area contributed by atoms with E-state index in [4.69, 9.17) is 27.1 Å². The summed E-state index contributed by atoms with van der Waals surface area (Å²) in [5, 5.41) is 15.9. The fourth-order valence-corrected chi connectivity index (χ4v) is 1.57. The predicted molar refractivity (Wildman–Crippen MR) is 73.4 cm³/mol. The van der Waals surface area contributed by atoms with Gasteiger partial charge in [0.25, 0.3) is 0 Å². The van der Waals surface area contributed by atoms with Crippen LogP contribution in [-0.4, -0.2) is 56.1 Å². The number of terminal acetylenes is 1. The number of nitrogens with zero attached hydrogens (tertiary/aromatic N) is 3. The predicted octanol–water partition coefficient (Wildman–Crippen LogP) is -0.548. The lowest BCUT2D eigenvalue weighted by atomic mass is 10.2. The molecule has 1 saturated heterocycles. The molecular formula is C12H16FN5O3. The lowest BCUT2D eigenvalue weighted by Gasteiger charge is -2.02. The number of hydrogen-bond donors (Lipinski definition) is 4. The zero-order valence-corrected chi connectivity index (χ0v) is 11.3. The highest BCUT2D eigenvalue weighted by atomic mass is 19.1. The summed E-state index contributed by atoms with van der Waals surface area (Å²) in [7, 11) is 1.00. The molecule has 8 nitrogen and oxygen atoms in total. The van der Waals surface area contributed by atoms with Gasteiger partial charge < -0.3 is 25.7 Å². The summed E-state index contributed by atoms with van der Waals surface area (Å²) in [5.41, 5.74) is 6.05. The Kier molecular flexibility index (Phi) is 6.48. The van der Waals surface area contributed by atoms with Crippen LogP contribution in [0.15, 0.2) is 6.33 Å². The van der Waals surface area contributed by atoms with Crippen LogP contribution in [0.25, 0.3) is 11.2 Å². The first-order valence-electron chi connectivity index (χ1n) is 5.94. The maximum atomic E-state index is 12.4. The Balaban J connectivity index is 0.000000196. The molecule has 9 heteroatoms. The van der Waals surface area contributed by atoms with Crippen molar-refractivity contribution in [3.63, 3.8) is 0 Å². The van der Waals surface area contributed by atoms with Crippen molar-refractivity contribution in [3.05, 3.63) is 12.4 Å². The third-order valence-electron chi connectivity index (χ3n) is 2.51. The fourth-order valence-electron chi connectivity index (χ4n) is 1.57. The molecule has 21 heavy (non-hydrogen) atoms. The number of aromatic nitrogens is 4. The van der Waals surface area contributed by atoms with Gasteiger partial charge >= 0.3 is 6.08 Å². The lowest BCUT2D eigenvalue weighted by Crippen LogP contribution is -2.17. The van der Waals surface area contributed by atoms with Gasteiger partial charge in [-0.15, -0.1) is 6.42 Å². The summed E-state index contributed by atoms with van der Waals surface area (Å²) < 4.78 is 17.3. The molecule has 0 radical (unpaired) electrons. The summed E-state index contributed by atoms with van der Waals surface area (Å²) in [6, 6.07) is 0. The van der Waals surface area contributed by atoms with Gasteiger partial charge in [0.15, 0.2) is 11.5 Å². The third-order valence-corrected chi connectivity index (χ3v) is 2.51. The Hall–Kier alpha value is -2.28. The number of hydrogen-bond acceptors (Lipinski definition) is 7. The minimum Gasteiger partial charge on any atom is -0.400 e. The number of aliphatic hydroxyl groups is 2. The van der Waals surface area contributed by atoms with Gasteiger partial charge in [-0.3, -0.25) is 0 Å². The minimum atomic E-state index is -0.859. The molecule has 1 aliphatic rings. The molecule has 1 fully saturated rings. The first-order chi connectivity index (χ1) is 10.1. The van der Waals surface area contributed by atoms with E-state index in [1.165, 1.54) is 6.33 Å². The van der Waals surface area contributed by atoms with E-state index < -0.39 is 12.2 Å². The molecule has 0 aliphatic carbocycles. The number of ether oxygens (including phenoxy) is 1. The Morgan fingerprint density at radius 2 is 2.24 bits per heavy atom. The molecule has 0 bridgehead atoms. The summed E-state index contributed by atoms with van der Waals surface area (Å²) in [6.45, 7) is 0.593. The highest BCUT2D eigenvalue weighted by Gasteiger charge is 2.23. The number of nitrogens with one attached hydrogen (secondary N) is 1. The van der Waals surface area contributed by atoms with Gasteiger partial charge in [0.2, 0.25) is 0 Å². The van der Waals surface area contributed by atoms with Crippen LogP contribution < -0.4 is 5.73 Å². The quantitative estimate of drug-likeness (QED) is 0.379. The smallest absolute Gasteiger partial charge is 0.312 e. The summed E-state index contributed by atoms with van der Waals surface area (Å²) >= 11 is 0. The van der Waals surface area contributed by atoms with E-state index in [0.29, 0.717) is 18.5 Å². The summed E-state index contributed by atoms with van der Waals surface area (Å²) in [5.74, 6) is 2.42. The molecule has 0 saturated carbocycles. The van der Waals surface area contributed by atoms with Gasteiger partial charge in [-0.1, -0.05) is 5.92 Å². The fraction of sp³-hybridized carbons (Fsp3) is 0.417. The van der Waals surface area contributed by atoms with Crippen molar-refractivity contribution < 1.29 is 19.3 Å². The number of aromatic amines is 1. The van der Waals surface area contributed by atoms with Crippen LogP contribution in [0.3, 0.4) is 0 Å². The van der Waals surface area contributed by atoms with Crippen molar-refractivity contribution in [3.8, 4) is 12.3 Å². The Morgan fingerprint density at radius 1 is 1.52 bits per heavy atom. The number of nitrogen functional groups attached to an aromatic ring is 1. The molecular weight excluding hydrogens is 281 g/mol. The highest BCUT2D eigenvalue weighted by Crippen LogP contribution is 2.11. The zero-order chi connectivity index (χ0) is 15.8. The topological polar surface area (TPSA) is 130 Å². The van der Waals surface area contributed by atoms with Crippen molar-refractivity contribution in [2.24, 2.45) is 0 Å². The number of fused-ring (bicyclic) bond motifs is 1. The molecule has 3 rings (SSSR count). The normalized spacial score (nSPS) is 20.0. The van der Waals surface area contributed by atoms with Crippen molar-refractivity contribution in [2.45, 2.75) is 18.6 Å². The number of halogens is 1. The third kappa shape index (κ3) is 4.35. The average Bonchev–Trinajstić information content (AvgIpc) is 3.10. The second-order valence-corrected chi connectivity index (χ2v) is 3.79. The first-order valence-corrected chi connectivity index (χ1v) is 5.94. The van der Waals surface area contributed by atoms with E-state index in [2.05, 4.69) is 25.9 Å². The molecule has 2 atom stereocenters. The van der Waals surface area contributed by atoms with Gasteiger partial charge in [-0.2, -0.15) is 14.4 Å². The minimum absolute atomic E-state index is 0.0741. The summed E-state index contributed by atoms with van der Waals surface area (Å²) in [4.78, 5) is 13.1.